The van der Waals surface area contributed by atoms with E-state index in [-0.39, 0.29) is 0 Å². The van der Waals surface area contributed by atoms with Crippen molar-refractivity contribution >= 4 is 26.7 Å². The highest BCUT2D eigenvalue weighted by Gasteiger charge is 2.43. The standard InChI is InChI=1S/C21H25N5O2S/c1-2-26-18-9-5-3-7-16(18)22-20(26)15-25-13-11-21(12-14-25)23-17-8-4-6-10-19(17)29(27,28)24-21/h3-10,23-24H,2,11-15H2,1H3. The molecule has 0 radical (unpaired) electrons. The minimum atomic E-state index is -3.50. The first-order valence-corrected chi connectivity index (χ1v) is 11.6. The van der Waals surface area contributed by atoms with Crippen LogP contribution in [-0.4, -0.2) is 41.6 Å². The summed E-state index contributed by atoms with van der Waals surface area (Å²) in [6.07, 6.45) is 1.40. The molecule has 3 heterocycles. The van der Waals surface area contributed by atoms with Gasteiger partial charge in [-0.2, -0.15) is 4.72 Å². The molecule has 152 valence electrons. The summed E-state index contributed by atoms with van der Waals surface area (Å²) in [6.45, 7) is 5.38. The van der Waals surface area contributed by atoms with E-state index in [1.807, 2.05) is 30.3 Å². The Bertz CT molecular complexity index is 1160. The van der Waals surface area contributed by atoms with Crippen LogP contribution in [0, 0.1) is 0 Å². The number of sulfonamides is 1. The topological polar surface area (TPSA) is 79.3 Å². The summed E-state index contributed by atoms with van der Waals surface area (Å²) in [5, 5.41) is 3.46. The molecule has 2 aliphatic heterocycles. The first kappa shape index (κ1) is 18.6. The molecule has 2 aromatic carbocycles. The summed E-state index contributed by atoms with van der Waals surface area (Å²) in [5.74, 6) is 1.06. The normalized spacial score (nSPS) is 20.4. The summed E-state index contributed by atoms with van der Waals surface area (Å²) >= 11 is 0. The number of aryl methyl sites for hydroxylation is 1. The van der Waals surface area contributed by atoms with E-state index in [0.29, 0.717) is 23.4 Å². The second-order valence-electron chi connectivity index (χ2n) is 7.85. The van der Waals surface area contributed by atoms with Gasteiger partial charge in [-0.15, -0.1) is 0 Å². The lowest BCUT2D eigenvalue weighted by atomic mass is 9.97. The van der Waals surface area contributed by atoms with Crippen LogP contribution in [0.5, 0.6) is 0 Å². The average molecular weight is 412 g/mol. The van der Waals surface area contributed by atoms with E-state index in [1.54, 1.807) is 12.1 Å². The Morgan fingerprint density at radius 1 is 1.07 bits per heavy atom. The molecule has 29 heavy (non-hydrogen) atoms. The Hall–Kier alpha value is -2.42. The van der Waals surface area contributed by atoms with Gasteiger partial charge in [0.25, 0.3) is 0 Å². The van der Waals surface area contributed by atoms with Crippen molar-refractivity contribution in [2.45, 2.75) is 43.4 Å². The van der Waals surface area contributed by atoms with Crippen molar-refractivity contribution in [3.8, 4) is 0 Å². The second-order valence-corrected chi connectivity index (χ2v) is 9.50. The third-order valence-electron chi connectivity index (χ3n) is 6.00. The van der Waals surface area contributed by atoms with Crippen molar-refractivity contribution in [3.63, 3.8) is 0 Å². The maximum Gasteiger partial charge on any atom is 0.244 e. The SMILES string of the molecule is CCn1c(CN2CCC3(CC2)Nc2ccccc2S(=O)(=O)N3)nc2ccccc21. The highest BCUT2D eigenvalue weighted by atomic mass is 32.2. The molecule has 0 amide bonds. The summed E-state index contributed by atoms with van der Waals surface area (Å²) < 4.78 is 30.6. The predicted octanol–water partition coefficient (Wildman–Crippen LogP) is 2.75. The molecule has 8 heteroatoms. The van der Waals surface area contributed by atoms with E-state index in [1.165, 1.54) is 0 Å². The molecule has 1 fully saturated rings. The third kappa shape index (κ3) is 3.21. The fraction of sp³-hybridized carbons (Fsp3) is 0.381. The van der Waals surface area contributed by atoms with Crippen molar-refractivity contribution in [2.24, 2.45) is 0 Å². The number of piperidine rings is 1. The van der Waals surface area contributed by atoms with E-state index in [2.05, 4.69) is 32.5 Å². The van der Waals surface area contributed by atoms with E-state index in [0.717, 1.165) is 43.0 Å². The summed E-state index contributed by atoms with van der Waals surface area (Å²) in [5.41, 5.74) is 2.26. The number of para-hydroxylation sites is 3. The van der Waals surface area contributed by atoms with Gasteiger partial charge in [0.2, 0.25) is 10.0 Å². The Labute approximate surface area is 170 Å². The van der Waals surface area contributed by atoms with Gasteiger partial charge in [-0.3, -0.25) is 4.90 Å². The van der Waals surface area contributed by atoms with Crippen molar-refractivity contribution < 1.29 is 8.42 Å². The van der Waals surface area contributed by atoms with Crippen LogP contribution in [0.2, 0.25) is 0 Å². The number of likely N-dealkylation sites (tertiary alicyclic amines) is 1. The van der Waals surface area contributed by atoms with Crippen molar-refractivity contribution in [1.29, 1.82) is 0 Å². The molecule has 0 saturated carbocycles. The van der Waals surface area contributed by atoms with Crippen molar-refractivity contribution in [1.82, 2.24) is 19.2 Å². The number of nitrogens with zero attached hydrogens (tertiary/aromatic N) is 3. The molecule has 0 bridgehead atoms. The second kappa shape index (κ2) is 6.83. The van der Waals surface area contributed by atoms with E-state index in [9.17, 15) is 8.42 Å². The highest BCUT2D eigenvalue weighted by molar-refractivity contribution is 7.89. The van der Waals surface area contributed by atoms with Crippen LogP contribution in [0.3, 0.4) is 0 Å². The van der Waals surface area contributed by atoms with E-state index in [4.69, 9.17) is 4.98 Å². The minimum Gasteiger partial charge on any atom is -0.365 e. The van der Waals surface area contributed by atoms with Crippen molar-refractivity contribution in [3.05, 3.63) is 54.4 Å². The number of hydrogen-bond donors (Lipinski definition) is 2. The molecule has 1 saturated heterocycles. The monoisotopic (exact) mass is 411 g/mol. The van der Waals surface area contributed by atoms with Crippen LogP contribution in [-0.2, 0) is 23.1 Å². The van der Waals surface area contributed by atoms with Crippen LogP contribution in [0.1, 0.15) is 25.6 Å². The Kier molecular flexibility index (Phi) is 4.38. The predicted molar refractivity (Wildman–Crippen MR) is 113 cm³/mol. The zero-order chi connectivity index (χ0) is 20.1. The van der Waals surface area contributed by atoms with Gasteiger partial charge in [0.15, 0.2) is 0 Å². The number of benzene rings is 2. The molecule has 2 aliphatic rings. The van der Waals surface area contributed by atoms with E-state index >= 15 is 0 Å². The summed E-state index contributed by atoms with van der Waals surface area (Å²) in [7, 11) is -3.50. The summed E-state index contributed by atoms with van der Waals surface area (Å²) in [6, 6.07) is 15.3. The fourth-order valence-electron chi connectivity index (χ4n) is 4.52. The number of nitrogens with one attached hydrogen (secondary N) is 2. The van der Waals surface area contributed by atoms with Gasteiger partial charge in [-0.1, -0.05) is 24.3 Å². The molecule has 1 aromatic heterocycles. The van der Waals surface area contributed by atoms with Gasteiger partial charge in [-0.25, -0.2) is 13.4 Å². The summed E-state index contributed by atoms with van der Waals surface area (Å²) in [4.78, 5) is 7.51. The lowest BCUT2D eigenvalue weighted by Crippen LogP contribution is -2.61. The molecule has 1 spiro atoms. The number of fused-ring (bicyclic) bond motifs is 2. The maximum atomic E-state index is 12.7. The van der Waals surface area contributed by atoms with Crippen LogP contribution < -0.4 is 10.0 Å². The van der Waals surface area contributed by atoms with Crippen LogP contribution in [0.4, 0.5) is 5.69 Å². The fourth-order valence-corrected chi connectivity index (χ4v) is 6.06. The largest absolute Gasteiger partial charge is 0.365 e. The smallest absolute Gasteiger partial charge is 0.244 e. The molecule has 0 atom stereocenters. The molecule has 0 aliphatic carbocycles. The van der Waals surface area contributed by atoms with Gasteiger partial charge >= 0.3 is 0 Å². The quantitative estimate of drug-likeness (QED) is 0.693. The number of aromatic nitrogens is 2. The van der Waals surface area contributed by atoms with Gasteiger partial charge in [0, 0.05) is 19.6 Å². The van der Waals surface area contributed by atoms with Gasteiger partial charge in [0.05, 0.1) is 23.3 Å². The maximum absolute atomic E-state index is 12.7. The van der Waals surface area contributed by atoms with Crippen LogP contribution in [0.25, 0.3) is 11.0 Å². The lowest BCUT2D eigenvalue weighted by molar-refractivity contribution is 0.154. The zero-order valence-electron chi connectivity index (χ0n) is 16.4. The molecule has 2 N–H and O–H groups in total. The van der Waals surface area contributed by atoms with E-state index < -0.39 is 15.7 Å². The lowest BCUT2D eigenvalue weighted by Gasteiger charge is -2.45. The average Bonchev–Trinajstić information content (AvgIpc) is 3.06. The highest BCUT2D eigenvalue weighted by Crippen LogP contribution is 2.35. The number of hydrogen-bond acceptors (Lipinski definition) is 5. The first-order valence-electron chi connectivity index (χ1n) is 10.1. The molecule has 0 unspecified atom stereocenters. The molecule has 3 aromatic rings. The third-order valence-corrected chi connectivity index (χ3v) is 7.60. The number of anilines is 1. The van der Waals surface area contributed by atoms with Crippen molar-refractivity contribution in [2.75, 3.05) is 18.4 Å². The first-order chi connectivity index (χ1) is 14.0. The van der Waals surface area contributed by atoms with Gasteiger partial charge < -0.3 is 9.88 Å². The molecular weight excluding hydrogens is 386 g/mol. The minimum absolute atomic E-state index is 0.324. The Balaban J connectivity index is 1.34. The molecule has 5 rings (SSSR count). The molecular formula is C21H25N5O2S. The number of rotatable bonds is 3. The van der Waals surface area contributed by atoms with Crippen LogP contribution in [0.15, 0.2) is 53.4 Å². The Morgan fingerprint density at radius 2 is 1.79 bits per heavy atom. The van der Waals surface area contributed by atoms with Gasteiger partial charge in [0.1, 0.15) is 16.4 Å². The Morgan fingerprint density at radius 3 is 2.59 bits per heavy atom. The molecule has 7 nitrogen and oxygen atoms in total. The van der Waals surface area contributed by atoms with Crippen LogP contribution >= 0.6 is 0 Å². The number of imidazole rings is 1. The zero-order valence-corrected chi connectivity index (χ0v) is 17.2. The van der Waals surface area contributed by atoms with Gasteiger partial charge in [-0.05, 0) is 44.0 Å².